The Kier molecular flexibility index (Phi) is 5.81. The molecule has 0 aliphatic rings. The molecule has 144 valence electrons. The van der Waals surface area contributed by atoms with Crippen LogP contribution in [0.4, 0.5) is 26.2 Å². The van der Waals surface area contributed by atoms with E-state index in [0.717, 1.165) is 0 Å². The van der Waals surface area contributed by atoms with Crippen LogP contribution in [0.15, 0.2) is 77.7 Å². The molecule has 0 spiro atoms. The molecule has 3 N–H and O–H groups in total. The van der Waals surface area contributed by atoms with Gasteiger partial charge in [0.15, 0.2) is 0 Å². The van der Waals surface area contributed by atoms with Gasteiger partial charge in [-0.05, 0) is 54.6 Å². The van der Waals surface area contributed by atoms with Gasteiger partial charge in [-0.3, -0.25) is 4.72 Å². The number of nitrogens with one attached hydrogen (secondary N) is 3. The van der Waals surface area contributed by atoms with Crippen LogP contribution in [-0.2, 0) is 10.0 Å². The van der Waals surface area contributed by atoms with Crippen LogP contribution in [0.5, 0.6) is 0 Å². The van der Waals surface area contributed by atoms with Gasteiger partial charge in [-0.2, -0.15) is 0 Å². The van der Waals surface area contributed by atoms with Crippen molar-refractivity contribution in [3.8, 4) is 0 Å². The van der Waals surface area contributed by atoms with E-state index in [1.54, 1.807) is 18.2 Å². The highest BCUT2D eigenvalue weighted by molar-refractivity contribution is 7.92. The molecule has 0 heterocycles. The molecule has 9 heteroatoms. The summed E-state index contributed by atoms with van der Waals surface area (Å²) < 4.78 is 41.1. The molecule has 0 bridgehead atoms. The number of hydrogen-bond donors (Lipinski definition) is 3. The third-order valence-electron chi connectivity index (χ3n) is 3.62. The van der Waals surface area contributed by atoms with Crippen molar-refractivity contribution in [2.24, 2.45) is 0 Å². The molecule has 3 rings (SSSR count). The quantitative estimate of drug-likeness (QED) is 0.548. The van der Waals surface area contributed by atoms with Crippen LogP contribution in [-0.4, -0.2) is 14.4 Å². The van der Waals surface area contributed by atoms with Crippen LogP contribution >= 0.6 is 11.6 Å². The van der Waals surface area contributed by atoms with E-state index in [1.807, 2.05) is 0 Å². The number of halogens is 2. The fourth-order valence-corrected chi connectivity index (χ4v) is 3.55. The monoisotopic (exact) mass is 419 g/mol. The third kappa shape index (κ3) is 4.99. The fourth-order valence-electron chi connectivity index (χ4n) is 2.32. The molecule has 28 heavy (non-hydrogen) atoms. The second-order valence-corrected chi connectivity index (χ2v) is 7.82. The Labute approximate surface area is 166 Å². The molecule has 0 aliphatic carbocycles. The van der Waals surface area contributed by atoms with Crippen molar-refractivity contribution in [2.45, 2.75) is 4.90 Å². The number of anilines is 3. The summed E-state index contributed by atoms with van der Waals surface area (Å²) in [7, 11) is -3.87. The van der Waals surface area contributed by atoms with Gasteiger partial charge >= 0.3 is 6.03 Å². The maximum atomic E-state index is 13.6. The Balaban J connectivity index is 1.73. The van der Waals surface area contributed by atoms with Gasteiger partial charge in [0, 0.05) is 16.4 Å². The van der Waals surface area contributed by atoms with E-state index in [1.165, 1.54) is 54.6 Å². The van der Waals surface area contributed by atoms with E-state index in [0.29, 0.717) is 10.7 Å². The summed E-state index contributed by atoms with van der Waals surface area (Å²) in [6.07, 6.45) is 0. The topological polar surface area (TPSA) is 87.3 Å². The van der Waals surface area contributed by atoms with Crippen molar-refractivity contribution in [3.63, 3.8) is 0 Å². The number of sulfonamides is 1. The molecule has 6 nitrogen and oxygen atoms in total. The van der Waals surface area contributed by atoms with Gasteiger partial charge in [-0.25, -0.2) is 17.6 Å². The lowest BCUT2D eigenvalue weighted by Gasteiger charge is -2.11. The minimum atomic E-state index is -3.87. The van der Waals surface area contributed by atoms with E-state index in [4.69, 9.17) is 11.6 Å². The van der Waals surface area contributed by atoms with Gasteiger partial charge < -0.3 is 10.6 Å². The van der Waals surface area contributed by atoms with E-state index >= 15 is 0 Å². The fraction of sp³-hybridized carbons (Fsp3) is 0. The van der Waals surface area contributed by atoms with Gasteiger partial charge in [-0.1, -0.05) is 29.8 Å². The minimum Gasteiger partial charge on any atom is -0.308 e. The first-order valence-electron chi connectivity index (χ1n) is 8.04. The second-order valence-electron chi connectivity index (χ2n) is 5.70. The van der Waals surface area contributed by atoms with E-state index in [2.05, 4.69) is 15.4 Å². The van der Waals surface area contributed by atoms with Gasteiger partial charge in [0.1, 0.15) is 5.82 Å². The molecule has 0 aliphatic heterocycles. The second kappa shape index (κ2) is 8.28. The zero-order chi connectivity index (χ0) is 20.1. The van der Waals surface area contributed by atoms with Crippen LogP contribution in [0.1, 0.15) is 0 Å². The molecule has 0 fully saturated rings. The van der Waals surface area contributed by atoms with Gasteiger partial charge in [-0.15, -0.1) is 0 Å². The normalized spacial score (nSPS) is 10.9. The molecule has 3 aromatic rings. The standard InChI is InChI=1S/C19H15ClFN3O3S/c20-13-8-10-14(11-9-13)24-28(26,27)16-5-3-4-15(12-16)22-19(25)23-18-7-2-1-6-17(18)21/h1-12,24H,(H2,22,23,25). The number of hydrogen-bond acceptors (Lipinski definition) is 3. The number of benzene rings is 3. The Morgan fingerprint density at radius 1 is 0.857 bits per heavy atom. The van der Waals surface area contributed by atoms with E-state index in [9.17, 15) is 17.6 Å². The van der Waals surface area contributed by atoms with E-state index in [-0.39, 0.29) is 16.3 Å². The first-order chi connectivity index (χ1) is 13.3. The Hall–Kier alpha value is -3.10. The SMILES string of the molecule is O=C(Nc1cccc(S(=O)(=O)Nc2ccc(Cl)cc2)c1)Nc1ccccc1F. The highest BCUT2D eigenvalue weighted by atomic mass is 35.5. The predicted molar refractivity (Wildman–Crippen MR) is 108 cm³/mol. The number of amides is 2. The van der Waals surface area contributed by atoms with Crippen molar-refractivity contribution >= 4 is 44.7 Å². The van der Waals surface area contributed by atoms with Gasteiger partial charge in [0.05, 0.1) is 10.6 Å². The molecule has 0 saturated carbocycles. The van der Waals surface area contributed by atoms with Gasteiger partial charge in [0.25, 0.3) is 10.0 Å². The maximum Gasteiger partial charge on any atom is 0.323 e. The Bertz CT molecular complexity index is 1110. The van der Waals surface area contributed by atoms with Crippen LogP contribution < -0.4 is 15.4 Å². The summed E-state index contributed by atoms with van der Waals surface area (Å²) >= 11 is 5.79. The van der Waals surface area contributed by atoms with Crippen molar-refractivity contribution in [3.05, 3.63) is 83.6 Å². The molecule has 0 unspecified atom stereocenters. The summed E-state index contributed by atoms with van der Waals surface area (Å²) in [5, 5.41) is 5.32. The summed E-state index contributed by atoms with van der Waals surface area (Å²) in [6, 6.07) is 16.9. The minimum absolute atomic E-state index is 0.00758. The summed E-state index contributed by atoms with van der Waals surface area (Å²) in [4.78, 5) is 12.0. The largest absolute Gasteiger partial charge is 0.323 e. The molecule has 2 amide bonds. The van der Waals surface area contributed by atoms with E-state index < -0.39 is 21.9 Å². The Morgan fingerprint density at radius 3 is 2.29 bits per heavy atom. The zero-order valence-electron chi connectivity index (χ0n) is 14.3. The molecular formula is C19H15ClFN3O3S. The molecular weight excluding hydrogens is 405 g/mol. The maximum absolute atomic E-state index is 13.6. The number of carbonyl (C=O) groups is 1. The average molecular weight is 420 g/mol. The van der Waals surface area contributed by atoms with Crippen LogP contribution in [0.25, 0.3) is 0 Å². The average Bonchev–Trinajstić information content (AvgIpc) is 2.65. The first-order valence-corrected chi connectivity index (χ1v) is 9.90. The van der Waals surface area contributed by atoms with Crippen LogP contribution in [0.2, 0.25) is 5.02 Å². The lowest BCUT2D eigenvalue weighted by molar-refractivity contribution is 0.262. The van der Waals surface area contributed by atoms with Crippen LogP contribution in [0.3, 0.4) is 0 Å². The van der Waals surface area contributed by atoms with Gasteiger partial charge in [0.2, 0.25) is 0 Å². The summed E-state index contributed by atoms with van der Waals surface area (Å²) in [6.45, 7) is 0. The zero-order valence-corrected chi connectivity index (χ0v) is 15.9. The van der Waals surface area contributed by atoms with Crippen molar-refractivity contribution in [2.75, 3.05) is 15.4 Å². The lowest BCUT2D eigenvalue weighted by Crippen LogP contribution is -2.20. The number of urea groups is 1. The molecule has 0 atom stereocenters. The lowest BCUT2D eigenvalue weighted by atomic mass is 10.3. The van der Waals surface area contributed by atoms with Crippen molar-refractivity contribution in [1.82, 2.24) is 0 Å². The predicted octanol–water partition coefficient (Wildman–Crippen LogP) is 4.92. The molecule has 0 saturated heterocycles. The number of rotatable bonds is 5. The molecule has 3 aromatic carbocycles. The van der Waals surface area contributed by atoms with Crippen LogP contribution in [0, 0.1) is 5.82 Å². The first kappa shape index (κ1) is 19.7. The summed E-state index contributed by atoms with van der Waals surface area (Å²) in [5.74, 6) is -0.582. The van der Waals surface area contributed by atoms with Crippen molar-refractivity contribution < 1.29 is 17.6 Å². The highest BCUT2D eigenvalue weighted by Gasteiger charge is 2.15. The third-order valence-corrected chi connectivity index (χ3v) is 5.25. The highest BCUT2D eigenvalue weighted by Crippen LogP contribution is 2.21. The summed E-state index contributed by atoms with van der Waals surface area (Å²) in [5.41, 5.74) is 0.584. The molecule has 0 aromatic heterocycles. The molecule has 0 radical (unpaired) electrons. The number of para-hydroxylation sites is 1. The smallest absolute Gasteiger partial charge is 0.308 e. The van der Waals surface area contributed by atoms with Crippen molar-refractivity contribution in [1.29, 1.82) is 0 Å². The number of carbonyl (C=O) groups excluding carboxylic acids is 1. The Morgan fingerprint density at radius 2 is 1.57 bits per heavy atom.